The molecule has 2 N–H and O–H groups in total. The molecule has 0 aromatic heterocycles. The molecule has 1 saturated heterocycles. The van der Waals surface area contributed by atoms with Crippen molar-refractivity contribution in [1.29, 1.82) is 0 Å². The highest BCUT2D eigenvalue weighted by Gasteiger charge is 2.21. The fourth-order valence-electron chi connectivity index (χ4n) is 2.97. The second-order valence-corrected chi connectivity index (χ2v) is 6.87. The van der Waals surface area contributed by atoms with Crippen molar-refractivity contribution in [2.75, 3.05) is 20.2 Å². The summed E-state index contributed by atoms with van der Waals surface area (Å²) in [5, 5.41) is 6.39. The molecule has 1 heterocycles. The number of halogens is 2. The molecular weight excluding hydrogens is 380 g/mol. The lowest BCUT2D eigenvalue weighted by atomic mass is 9.84. The summed E-state index contributed by atoms with van der Waals surface area (Å²) in [6, 6.07) is 5.86. The van der Waals surface area contributed by atoms with Gasteiger partial charge in [-0.3, -0.25) is 4.79 Å². The number of carbonyl (C=O) groups excluding carboxylic acids is 1. The molecule has 1 amide bonds. The molecule has 6 heteroatoms. The first-order valence-corrected chi connectivity index (χ1v) is 8.69. The molecule has 23 heavy (non-hydrogen) atoms. The molecule has 0 saturated carbocycles. The van der Waals surface area contributed by atoms with Crippen LogP contribution in [0.4, 0.5) is 0 Å². The van der Waals surface area contributed by atoms with Gasteiger partial charge in [-0.2, -0.15) is 0 Å². The van der Waals surface area contributed by atoms with Crippen molar-refractivity contribution in [1.82, 2.24) is 10.6 Å². The van der Waals surface area contributed by atoms with Gasteiger partial charge in [0.1, 0.15) is 5.75 Å². The lowest BCUT2D eigenvalue weighted by Gasteiger charge is -2.27. The van der Waals surface area contributed by atoms with Gasteiger partial charge in [-0.1, -0.05) is 13.0 Å². The molecule has 1 atom stereocenters. The molecule has 1 aliphatic heterocycles. The molecule has 0 aliphatic carbocycles. The third-order valence-electron chi connectivity index (χ3n) is 4.40. The van der Waals surface area contributed by atoms with Gasteiger partial charge in [0.15, 0.2) is 0 Å². The predicted octanol–water partition coefficient (Wildman–Crippen LogP) is 3.52. The maximum atomic E-state index is 12.1. The zero-order chi connectivity index (χ0) is 15.9. The van der Waals surface area contributed by atoms with Crippen LogP contribution < -0.4 is 15.4 Å². The van der Waals surface area contributed by atoms with Gasteiger partial charge in [0, 0.05) is 13.0 Å². The van der Waals surface area contributed by atoms with Gasteiger partial charge in [0.25, 0.3) is 0 Å². The number of ether oxygens (including phenoxy) is 1. The number of rotatable bonds is 6. The van der Waals surface area contributed by atoms with Crippen molar-refractivity contribution in [3.63, 3.8) is 0 Å². The summed E-state index contributed by atoms with van der Waals surface area (Å²) < 4.78 is 6.11. The largest absolute Gasteiger partial charge is 0.496 e. The Labute approximate surface area is 153 Å². The van der Waals surface area contributed by atoms with Crippen LogP contribution in [0.3, 0.4) is 0 Å². The lowest BCUT2D eigenvalue weighted by Crippen LogP contribution is -2.33. The van der Waals surface area contributed by atoms with Crippen molar-refractivity contribution < 1.29 is 9.53 Å². The standard InChI is InChI=1S/C17H25BrN2O2.ClH/c1-12(14-5-7-19-8-6-14)9-17(21)20-11-13-3-4-16(22-2)15(18)10-13;/h3-4,10,12,14,19H,5-9,11H2,1-2H3,(H,20,21);1H. The fourth-order valence-corrected chi connectivity index (χ4v) is 3.55. The van der Waals surface area contributed by atoms with Crippen molar-refractivity contribution in [2.45, 2.75) is 32.7 Å². The third kappa shape index (κ3) is 6.32. The number of amides is 1. The second kappa shape index (κ2) is 10.2. The van der Waals surface area contributed by atoms with Crippen LogP contribution in [0.1, 0.15) is 31.7 Å². The van der Waals surface area contributed by atoms with Crippen LogP contribution in [-0.4, -0.2) is 26.1 Å². The Balaban J connectivity index is 0.00000264. The van der Waals surface area contributed by atoms with Crippen LogP contribution in [0.15, 0.2) is 22.7 Å². The zero-order valence-electron chi connectivity index (χ0n) is 13.7. The number of benzene rings is 1. The molecule has 4 nitrogen and oxygen atoms in total. The minimum absolute atomic E-state index is 0. The number of nitrogens with one attached hydrogen (secondary N) is 2. The highest BCUT2D eigenvalue weighted by molar-refractivity contribution is 9.10. The first-order chi connectivity index (χ1) is 10.6. The first kappa shape index (κ1) is 20.3. The predicted molar refractivity (Wildman–Crippen MR) is 99.2 cm³/mol. The highest BCUT2D eigenvalue weighted by Crippen LogP contribution is 2.26. The minimum Gasteiger partial charge on any atom is -0.496 e. The monoisotopic (exact) mass is 404 g/mol. The van der Waals surface area contributed by atoms with Gasteiger partial charge >= 0.3 is 0 Å². The summed E-state index contributed by atoms with van der Waals surface area (Å²) >= 11 is 3.46. The van der Waals surface area contributed by atoms with Gasteiger partial charge in [-0.05, 0) is 71.4 Å². The Bertz CT molecular complexity index is 507. The van der Waals surface area contributed by atoms with Crippen LogP contribution in [-0.2, 0) is 11.3 Å². The van der Waals surface area contributed by atoms with E-state index < -0.39 is 0 Å². The molecule has 2 rings (SSSR count). The van der Waals surface area contributed by atoms with Gasteiger partial charge in [-0.25, -0.2) is 0 Å². The maximum Gasteiger partial charge on any atom is 0.220 e. The highest BCUT2D eigenvalue weighted by atomic mass is 79.9. The SMILES string of the molecule is COc1ccc(CNC(=O)CC(C)C2CCNCC2)cc1Br.Cl. The van der Waals surface area contributed by atoms with Crippen LogP contribution in [0.25, 0.3) is 0 Å². The maximum absolute atomic E-state index is 12.1. The Morgan fingerprint density at radius 3 is 2.74 bits per heavy atom. The summed E-state index contributed by atoms with van der Waals surface area (Å²) in [5.41, 5.74) is 1.07. The van der Waals surface area contributed by atoms with Gasteiger partial charge in [0.05, 0.1) is 11.6 Å². The van der Waals surface area contributed by atoms with Gasteiger partial charge < -0.3 is 15.4 Å². The molecule has 1 aromatic carbocycles. The Morgan fingerprint density at radius 1 is 1.43 bits per heavy atom. The van der Waals surface area contributed by atoms with Crippen LogP contribution in [0, 0.1) is 11.8 Å². The number of hydrogen-bond donors (Lipinski definition) is 2. The topological polar surface area (TPSA) is 50.4 Å². The molecule has 0 radical (unpaired) electrons. The molecule has 1 aromatic rings. The van der Waals surface area contributed by atoms with Crippen molar-refractivity contribution in [2.24, 2.45) is 11.8 Å². The summed E-state index contributed by atoms with van der Waals surface area (Å²) in [7, 11) is 1.64. The van der Waals surface area contributed by atoms with E-state index in [1.165, 1.54) is 12.8 Å². The van der Waals surface area contributed by atoms with Crippen LogP contribution >= 0.6 is 28.3 Å². The molecule has 1 fully saturated rings. The molecule has 1 unspecified atom stereocenters. The number of methoxy groups -OCH3 is 1. The molecule has 130 valence electrons. The average Bonchev–Trinajstić information content (AvgIpc) is 2.54. The average molecular weight is 406 g/mol. The van der Waals surface area contributed by atoms with E-state index in [9.17, 15) is 4.79 Å². The summed E-state index contributed by atoms with van der Waals surface area (Å²) in [6.45, 7) is 4.91. The fraction of sp³-hybridized carbons (Fsp3) is 0.588. The molecule has 0 spiro atoms. The van der Waals surface area contributed by atoms with Crippen molar-refractivity contribution >= 4 is 34.2 Å². The zero-order valence-corrected chi connectivity index (χ0v) is 16.1. The Hall–Kier alpha value is -0.780. The summed E-state index contributed by atoms with van der Waals surface area (Å²) in [5.74, 6) is 2.06. The second-order valence-electron chi connectivity index (χ2n) is 6.01. The normalized spacial score (nSPS) is 16.3. The third-order valence-corrected chi connectivity index (χ3v) is 5.02. The van der Waals surface area contributed by atoms with E-state index in [-0.39, 0.29) is 18.3 Å². The summed E-state index contributed by atoms with van der Waals surface area (Å²) in [6.07, 6.45) is 2.97. The van der Waals surface area contributed by atoms with E-state index in [1.54, 1.807) is 7.11 Å². The number of piperidine rings is 1. The quantitative estimate of drug-likeness (QED) is 0.761. The van der Waals surface area contributed by atoms with Crippen molar-refractivity contribution in [3.8, 4) is 5.75 Å². The van der Waals surface area contributed by atoms with E-state index in [0.29, 0.717) is 24.8 Å². The Morgan fingerprint density at radius 2 is 2.13 bits per heavy atom. The van der Waals surface area contributed by atoms with Crippen molar-refractivity contribution in [3.05, 3.63) is 28.2 Å². The lowest BCUT2D eigenvalue weighted by molar-refractivity contribution is -0.122. The Kier molecular flexibility index (Phi) is 8.95. The first-order valence-electron chi connectivity index (χ1n) is 7.90. The van der Waals surface area contributed by atoms with E-state index >= 15 is 0 Å². The number of hydrogen-bond acceptors (Lipinski definition) is 3. The smallest absolute Gasteiger partial charge is 0.220 e. The van der Waals surface area contributed by atoms with Gasteiger partial charge in [-0.15, -0.1) is 12.4 Å². The van der Waals surface area contributed by atoms with E-state index in [4.69, 9.17) is 4.74 Å². The molecular formula is C17H26BrClN2O2. The van der Waals surface area contributed by atoms with E-state index in [0.717, 1.165) is 28.9 Å². The van der Waals surface area contributed by atoms with Gasteiger partial charge in [0.2, 0.25) is 5.91 Å². The minimum atomic E-state index is 0. The van der Waals surface area contributed by atoms with Crippen LogP contribution in [0.5, 0.6) is 5.75 Å². The molecule has 1 aliphatic rings. The number of carbonyl (C=O) groups is 1. The van der Waals surface area contributed by atoms with Crippen LogP contribution in [0.2, 0.25) is 0 Å². The van der Waals surface area contributed by atoms with E-state index in [2.05, 4.69) is 33.5 Å². The summed E-state index contributed by atoms with van der Waals surface area (Å²) in [4.78, 5) is 12.1. The van der Waals surface area contributed by atoms with E-state index in [1.807, 2.05) is 18.2 Å². The molecule has 0 bridgehead atoms.